The predicted molar refractivity (Wildman–Crippen MR) is 140 cm³/mol. The second-order valence-electron chi connectivity index (χ2n) is 8.10. The number of nitrogens with one attached hydrogen (secondary N) is 1. The van der Waals surface area contributed by atoms with E-state index in [0.717, 1.165) is 32.6 Å². The minimum atomic E-state index is -0.312. The molecule has 0 fully saturated rings. The lowest BCUT2D eigenvalue weighted by Gasteiger charge is -2.29. The van der Waals surface area contributed by atoms with Crippen molar-refractivity contribution in [1.29, 1.82) is 0 Å². The average Bonchev–Trinajstić information content (AvgIpc) is 3.29. The Bertz CT molecular complexity index is 1400. The fraction of sp³-hybridized carbons (Fsp3) is 0.185. The van der Waals surface area contributed by atoms with E-state index in [4.69, 9.17) is 14.5 Å². The highest BCUT2D eigenvalue weighted by Crippen LogP contribution is 2.39. The van der Waals surface area contributed by atoms with Crippen molar-refractivity contribution >= 4 is 34.5 Å². The Kier molecular flexibility index (Phi) is 6.64. The number of nitrogens with zero attached hydrogens (tertiary/aromatic N) is 3. The predicted octanol–water partition coefficient (Wildman–Crippen LogP) is 4.94. The number of benzene rings is 2. The Morgan fingerprint density at radius 2 is 2.00 bits per heavy atom. The number of ether oxygens (including phenoxy) is 2. The lowest BCUT2D eigenvalue weighted by atomic mass is 10.1. The highest BCUT2D eigenvalue weighted by molar-refractivity contribution is 7.15. The van der Waals surface area contributed by atoms with Gasteiger partial charge in [0, 0.05) is 22.3 Å². The van der Waals surface area contributed by atoms with Crippen molar-refractivity contribution < 1.29 is 19.1 Å². The van der Waals surface area contributed by atoms with Crippen LogP contribution in [0, 0.1) is 6.92 Å². The van der Waals surface area contributed by atoms with Gasteiger partial charge in [-0.25, -0.2) is 4.98 Å². The van der Waals surface area contributed by atoms with Gasteiger partial charge in [0.05, 0.1) is 23.7 Å². The van der Waals surface area contributed by atoms with Crippen LogP contribution in [-0.2, 0) is 9.59 Å². The lowest BCUT2D eigenvalue weighted by Crippen LogP contribution is -2.43. The molecule has 0 unspecified atom stereocenters. The van der Waals surface area contributed by atoms with Crippen LogP contribution in [0.2, 0.25) is 0 Å². The Hall–Kier alpha value is -4.24. The van der Waals surface area contributed by atoms with Crippen molar-refractivity contribution in [2.75, 3.05) is 30.0 Å². The molecular formula is C27H24N4O4S. The van der Waals surface area contributed by atoms with Gasteiger partial charge in [-0.2, -0.15) is 0 Å². The number of carbonyl (C=O) groups is 2. The summed E-state index contributed by atoms with van der Waals surface area (Å²) in [5, 5.41) is 3.66. The summed E-state index contributed by atoms with van der Waals surface area (Å²) in [6.07, 6.45) is 1.74. The first-order valence-corrected chi connectivity index (χ1v) is 12.3. The van der Waals surface area contributed by atoms with Gasteiger partial charge in [-0.05, 0) is 68.4 Å². The standard InChI is InChI=1S/C27H24N4O4S/c1-3-34-20-10-8-19(9-11-20)29-24(32)15-31-22-14-18(7-12-23(22)35-16-25(31)33)26-17(2)36-27(30-26)21-6-4-5-13-28-21/h4-14H,3,15-16H2,1-2H3,(H,29,32). The monoisotopic (exact) mass is 500 g/mol. The van der Waals surface area contributed by atoms with Crippen molar-refractivity contribution in [1.82, 2.24) is 9.97 Å². The summed E-state index contributed by atoms with van der Waals surface area (Å²) in [6.45, 7) is 4.22. The second-order valence-corrected chi connectivity index (χ2v) is 9.30. The van der Waals surface area contributed by atoms with E-state index in [1.165, 1.54) is 4.90 Å². The molecule has 0 saturated carbocycles. The van der Waals surface area contributed by atoms with E-state index in [1.54, 1.807) is 41.8 Å². The molecule has 8 nitrogen and oxygen atoms in total. The van der Waals surface area contributed by atoms with E-state index >= 15 is 0 Å². The molecule has 0 bridgehead atoms. The van der Waals surface area contributed by atoms with Crippen LogP contribution in [0.1, 0.15) is 11.8 Å². The van der Waals surface area contributed by atoms with Gasteiger partial charge in [-0.3, -0.25) is 19.5 Å². The zero-order valence-electron chi connectivity index (χ0n) is 19.9. The number of amides is 2. The molecule has 3 heterocycles. The Labute approximate surface area is 212 Å². The van der Waals surface area contributed by atoms with E-state index in [1.807, 2.05) is 50.2 Å². The summed E-state index contributed by atoms with van der Waals surface area (Å²) in [5.41, 5.74) is 3.61. The van der Waals surface area contributed by atoms with E-state index in [0.29, 0.717) is 23.7 Å². The molecule has 1 aliphatic heterocycles. The number of aryl methyl sites for hydroxylation is 1. The third-order valence-corrected chi connectivity index (χ3v) is 6.60. The minimum Gasteiger partial charge on any atom is -0.494 e. The second kappa shape index (κ2) is 10.2. The van der Waals surface area contributed by atoms with Gasteiger partial charge in [0.25, 0.3) is 5.91 Å². The Balaban J connectivity index is 1.38. The van der Waals surface area contributed by atoms with E-state index in [9.17, 15) is 9.59 Å². The average molecular weight is 501 g/mol. The summed E-state index contributed by atoms with van der Waals surface area (Å²) < 4.78 is 11.1. The topological polar surface area (TPSA) is 93.7 Å². The van der Waals surface area contributed by atoms with Gasteiger partial charge in [0.15, 0.2) is 6.61 Å². The van der Waals surface area contributed by atoms with E-state index in [-0.39, 0.29) is 25.0 Å². The van der Waals surface area contributed by atoms with Crippen molar-refractivity contribution in [3.05, 3.63) is 71.7 Å². The molecule has 0 aliphatic carbocycles. The zero-order valence-corrected chi connectivity index (χ0v) is 20.7. The van der Waals surface area contributed by atoms with Crippen LogP contribution in [0.5, 0.6) is 11.5 Å². The Morgan fingerprint density at radius 3 is 2.75 bits per heavy atom. The molecule has 2 aromatic heterocycles. The van der Waals surface area contributed by atoms with Crippen LogP contribution in [-0.4, -0.2) is 41.5 Å². The Morgan fingerprint density at radius 1 is 1.17 bits per heavy atom. The number of aromatic nitrogens is 2. The third kappa shape index (κ3) is 4.92. The lowest BCUT2D eigenvalue weighted by molar-refractivity contribution is -0.123. The van der Waals surface area contributed by atoms with Crippen molar-refractivity contribution in [3.8, 4) is 33.5 Å². The molecule has 1 N–H and O–H groups in total. The van der Waals surface area contributed by atoms with Crippen LogP contribution in [0.25, 0.3) is 22.0 Å². The molecule has 0 atom stereocenters. The summed E-state index contributed by atoms with van der Waals surface area (Å²) in [4.78, 5) is 37.2. The minimum absolute atomic E-state index is 0.123. The summed E-state index contributed by atoms with van der Waals surface area (Å²) in [5.74, 6) is 0.674. The molecule has 9 heteroatoms. The molecule has 1 aliphatic rings. The first-order chi connectivity index (χ1) is 17.5. The van der Waals surface area contributed by atoms with Gasteiger partial charge in [-0.1, -0.05) is 6.07 Å². The molecule has 4 aromatic rings. The molecule has 0 saturated heterocycles. The molecule has 182 valence electrons. The van der Waals surface area contributed by atoms with Crippen molar-refractivity contribution in [2.24, 2.45) is 0 Å². The number of carbonyl (C=O) groups excluding carboxylic acids is 2. The maximum atomic E-state index is 12.8. The number of hydrogen-bond donors (Lipinski definition) is 1. The van der Waals surface area contributed by atoms with Gasteiger partial charge in [-0.15, -0.1) is 11.3 Å². The molecule has 36 heavy (non-hydrogen) atoms. The number of pyridine rings is 1. The highest BCUT2D eigenvalue weighted by Gasteiger charge is 2.28. The van der Waals surface area contributed by atoms with Gasteiger partial charge in [0.1, 0.15) is 23.1 Å². The summed E-state index contributed by atoms with van der Waals surface area (Å²) >= 11 is 1.56. The van der Waals surface area contributed by atoms with Gasteiger partial charge in [0.2, 0.25) is 5.91 Å². The van der Waals surface area contributed by atoms with Gasteiger partial charge < -0.3 is 14.8 Å². The molecule has 5 rings (SSSR count). The normalized spacial score (nSPS) is 12.6. The molecule has 2 amide bonds. The maximum Gasteiger partial charge on any atom is 0.265 e. The van der Waals surface area contributed by atoms with Gasteiger partial charge >= 0.3 is 0 Å². The fourth-order valence-electron chi connectivity index (χ4n) is 3.93. The highest BCUT2D eigenvalue weighted by atomic mass is 32.1. The SMILES string of the molecule is CCOc1ccc(NC(=O)CN2C(=O)COc3ccc(-c4nc(-c5ccccn5)sc4C)cc32)cc1. The van der Waals surface area contributed by atoms with E-state index < -0.39 is 0 Å². The van der Waals surface area contributed by atoms with Crippen LogP contribution >= 0.6 is 11.3 Å². The quantitative estimate of drug-likeness (QED) is 0.386. The number of hydrogen-bond acceptors (Lipinski definition) is 7. The van der Waals surface area contributed by atoms with Crippen LogP contribution in [0.15, 0.2) is 66.9 Å². The largest absolute Gasteiger partial charge is 0.494 e. The fourth-order valence-corrected chi connectivity index (χ4v) is 4.84. The number of fused-ring (bicyclic) bond motifs is 1. The smallest absolute Gasteiger partial charge is 0.265 e. The number of anilines is 2. The van der Waals surface area contributed by atoms with Crippen molar-refractivity contribution in [3.63, 3.8) is 0 Å². The summed E-state index contributed by atoms with van der Waals surface area (Å²) in [6, 6.07) is 18.4. The van der Waals surface area contributed by atoms with E-state index in [2.05, 4.69) is 10.3 Å². The molecule has 0 radical (unpaired) electrons. The number of thiazole rings is 1. The first-order valence-electron chi connectivity index (χ1n) is 11.5. The maximum absolute atomic E-state index is 12.8. The first kappa shape index (κ1) is 23.5. The summed E-state index contributed by atoms with van der Waals surface area (Å²) in [7, 11) is 0. The zero-order chi connectivity index (χ0) is 25.1. The molecule has 2 aromatic carbocycles. The van der Waals surface area contributed by atoms with Crippen LogP contribution in [0.4, 0.5) is 11.4 Å². The van der Waals surface area contributed by atoms with Crippen molar-refractivity contribution in [2.45, 2.75) is 13.8 Å². The number of rotatable bonds is 7. The third-order valence-electron chi connectivity index (χ3n) is 5.61. The molecular weight excluding hydrogens is 476 g/mol. The molecule has 0 spiro atoms. The van der Waals surface area contributed by atoms with Crippen LogP contribution in [0.3, 0.4) is 0 Å². The van der Waals surface area contributed by atoms with Crippen LogP contribution < -0.4 is 19.7 Å².